The van der Waals surface area contributed by atoms with Crippen LogP contribution in [0.1, 0.15) is 10.5 Å². The Hall–Kier alpha value is -3.40. The molecule has 4 heteroatoms. The van der Waals surface area contributed by atoms with Crippen LogP contribution < -0.4 is 10.1 Å². The van der Waals surface area contributed by atoms with Gasteiger partial charge in [-0.2, -0.15) is 0 Å². The van der Waals surface area contributed by atoms with E-state index in [4.69, 9.17) is 4.74 Å². The van der Waals surface area contributed by atoms with E-state index in [1.165, 1.54) is 5.39 Å². The van der Waals surface area contributed by atoms with E-state index in [0.717, 1.165) is 21.9 Å². The Morgan fingerprint density at radius 2 is 1.65 bits per heavy atom. The number of hydrogen-bond acceptors (Lipinski definition) is 3. The summed E-state index contributed by atoms with van der Waals surface area (Å²) in [7, 11) is 0. The van der Waals surface area contributed by atoms with Gasteiger partial charge >= 0.3 is 0 Å². The Morgan fingerprint density at radius 1 is 0.885 bits per heavy atom. The molecular weight excluding hydrogens is 324 g/mol. The van der Waals surface area contributed by atoms with E-state index in [-0.39, 0.29) is 5.91 Å². The van der Waals surface area contributed by atoms with Gasteiger partial charge in [-0.05, 0) is 34.4 Å². The van der Waals surface area contributed by atoms with Crippen molar-refractivity contribution in [1.82, 2.24) is 10.3 Å². The van der Waals surface area contributed by atoms with Gasteiger partial charge < -0.3 is 10.1 Å². The summed E-state index contributed by atoms with van der Waals surface area (Å²) >= 11 is 0. The van der Waals surface area contributed by atoms with Crippen molar-refractivity contribution in [2.75, 3.05) is 13.2 Å². The standard InChI is InChI=1S/C22H18N2O2/c25-22(21-20-8-4-3-6-17(20)11-12-23-21)24-13-14-26-19-10-9-16-5-1-2-7-18(16)15-19/h1-12,15H,13-14H2,(H,24,25). The number of carbonyl (C=O) groups is 1. The third kappa shape index (κ3) is 3.35. The fourth-order valence-electron chi connectivity index (χ4n) is 2.97. The van der Waals surface area contributed by atoms with Gasteiger partial charge in [0.15, 0.2) is 0 Å². The second-order valence-electron chi connectivity index (χ2n) is 5.99. The SMILES string of the molecule is O=C(NCCOc1ccc2ccccc2c1)c1nccc2ccccc12. The first kappa shape index (κ1) is 16.1. The number of amides is 1. The van der Waals surface area contributed by atoms with Crippen molar-refractivity contribution in [3.05, 3.63) is 84.7 Å². The van der Waals surface area contributed by atoms with Gasteiger partial charge in [0.05, 0.1) is 6.54 Å². The maximum absolute atomic E-state index is 12.4. The lowest BCUT2D eigenvalue weighted by Gasteiger charge is -2.09. The van der Waals surface area contributed by atoms with Crippen molar-refractivity contribution in [3.63, 3.8) is 0 Å². The summed E-state index contributed by atoms with van der Waals surface area (Å²) in [6.07, 6.45) is 1.66. The van der Waals surface area contributed by atoms with Crippen LogP contribution in [0.2, 0.25) is 0 Å². The Morgan fingerprint density at radius 3 is 2.54 bits per heavy atom. The summed E-state index contributed by atoms with van der Waals surface area (Å²) in [5.74, 6) is 0.602. The number of carbonyl (C=O) groups excluding carboxylic acids is 1. The minimum Gasteiger partial charge on any atom is -0.492 e. The van der Waals surface area contributed by atoms with E-state index in [2.05, 4.69) is 22.4 Å². The minimum atomic E-state index is -0.191. The van der Waals surface area contributed by atoms with Crippen LogP contribution in [0.25, 0.3) is 21.5 Å². The van der Waals surface area contributed by atoms with Gasteiger partial charge in [0.1, 0.15) is 18.1 Å². The predicted molar refractivity (Wildman–Crippen MR) is 104 cm³/mol. The molecule has 0 aliphatic heterocycles. The average Bonchev–Trinajstić information content (AvgIpc) is 2.70. The van der Waals surface area contributed by atoms with Crippen LogP contribution in [0.4, 0.5) is 0 Å². The maximum atomic E-state index is 12.4. The molecule has 0 saturated carbocycles. The highest BCUT2D eigenvalue weighted by Crippen LogP contribution is 2.20. The zero-order valence-electron chi connectivity index (χ0n) is 14.2. The molecular formula is C22H18N2O2. The highest BCUT2D eigenvalue weighted by Gasteiger charge is 2.10. The first-order valence-electron chi connectivity index (χ1n) is 8.55. The highest BCUT2D eigenvalue weighted by molar-refractivity contribution is 6.05. The smallest absolute Gasteiger partial charge is 0.270 e. The summed E-state index contributed by atoms with van der Waals surface area (Å²) in [5, 5.41) is 7.03. The van der Waals surface area contributed by atoms with Crippen molar-refractivity contribution in [3.8, 4) is 5.75 Å². The molecule has 0 saturated heterocycles. The third-order valence-corrected chi connectivity index (χ3v) is 4.27. The molecule has 128 valence electrons. The van der Waals surface area contributed by atoms with Crippen LogP contribution in [0.3, 0.4) is 0 Å². The van der Waals surface area contributed by atoms with Crippen LogP contribution in [-0.2, 0) is 0 Å². The number of rotatable bonds is 5. The van der Waals surface area contributed by atoms with E-state index >= 15 is 0 Å². The zero-order valence-corrected chi connectivity index (χ0v) is 14.2. The third-order valence-electron chi connectivity index (χ3n) is 4.27. The highest BCUT2D eigenvalue weighted by atomic mass is 16.5. The normalized spacial score (nSPS) is 10.8. The Kier molecular flexibility index (Phi) is 4.48. The second-order valence-corrected chi connectivity index (χ2v) is 5.99. The molecule has 4 rings (SSSR count). The van der Waals surface area contributed by atoms with E-state index in [0.29, 0.717) is 18.8 Å². The van der Waals surface area contributed by atoms with Crippen LogP contribution in [0.15, 0.2) is 79.0 Å². The lowest BCUT2D eigenvalue weighted by molar-refractivity contribution is 0.0944. The van der Waals surface area contributed by atoms with Gasteiger partial charge in [-0.15, -0.1) is 0 Å². The summed E-state index contributed by atoms with van der Waals surface area (Å²) in [6.45, 7) is 0.811. The first-order valence-corrected chi connectivity index (χ1v) is 8.55. The molecule has 1 N–H and O–H groups in total. The molecule has 3 aromatic carbocycles. The predicted octanol–water partition coefficient (Wildman–Crippen LogP) is 4.20. The Labute approximate surface area is 151 Å². The molecule has 0 radical (unpaired) electrons. The molecule has 26 heavy (non-hydrogen) atoms. The monoisotopic (exact) mass is 342 g/mol. The average molecular weight is 342 g/mol. The molecule has 1 heterocycles. The topological polar surface area (TPSA) is 51.2 Å². The molecule has 0 bridgehead atoms. The van der Waals surface area contributed by atoms with Crippen molar-refractivity contribution in [2.45, 2.75) is 0 Å². The fraction of sp³-hybridized carbons (Fsp3) is 0.0909. The number of nitrogens with one attached hydrogen (secondary N) is 1. The summed E-state index contributed by atoms with van der Waals surface area (Å²) in [6, 6.07) is 23.7. The molecule has 0 fully saturated rings. The van der Waals surface area contributed by atoms with Crippen molar-refractivity contribution in [1.29, 1.82) is 0 Å². The number of fused-ring (bicyclic) bond motifs is 2. The van der Waals surface area contributed by atoms with Gasteiger partial charge in [0.2, 0.25) is 0 Å². The molecule has 1 aromatic heterocycles. The number of nitrogens with zero attached hydrogens (tertiary/aromatic N) is 1. The largest absolute Gasteiger partial charge is 0.492 e. The number of pyridine rings is 1. The Balaban J connectivity index is 1.37. The zero-order chi connectivity index (χ0) is 17.8. The number of aromatic nitrogens is 1. The number of hydrogen-bond donors (Lipinski definition) is 1. The second kappa shape index (κ2) is 7.23. The lowest BCUT2D eigenvalue weighted by atomic mass is 10.1. The van der Waals surface area contributed by atoms with Crippen molar-refractivity contribution >= 4 is 27.5 Å². The van der Waals surface area contributed by atoms with Crippen LogP contribution >= 0.6 is 0 Å². The number of ether oxygens (including phenoxy) is 1. The van der Waals surface area contributed by atoms with Crippen molar-refractivity contribution in [2.24, 2.45) is 0 Å². The molecule has 0 aliphatic carbocycles. The molecule has 4 aromatic rings. The molecule has 4 nitrogen and oxygen atoms in total. The van der Waals surface area contributed by atoms with Crippen LogP contribution in [-0.4, -0.2) is 24.0 Å². The molecule has 0 aliphatic rings. The van der Waals surface area contributed by atoms with E-state index in [9.17, 15) is 4.79 Å². The summed E-state index contributed by atoms with van der Waals surface area (Å²) in [4.78, 5) is 16.6. The maximum Gasteiger partial charge on any atom is 0.270 e. The minimum absolute atomic E-state index is 0.191. The first-order chi connectivity index (χ1) is 12.8. The summed E-state index contributed by atoms with van der Waals surface area (Å²) in [5.41, 5.74) is 0.439. The van der Waals surface area contributed by atoms with E-state index < -0.39 is 0 Å². The Bertz CT molecular complexity index is 1070. The van der Waals surface area contributed by atoms with Gasteiger partial charge in [0, 0.05) is 11.6 Å². The quantitative estimate of drug-likeness (QED) is 0.553. The van der Waals surface area contributed by atoms with Crippen molar-refractivity contribution < 1.29 is 9.53 Å². The summed E-state index contributed by atoms with van der Waals surface area (Å²) < 4.78 is 5.75. The molecule has 0 unspecified atom stereocenters. The van der Waals surface area contributed by atoms with Gasteiger partial charge in [-0.1, -0.05) is 54.6 Å². The van der Waals surface area contributed by atoms with Gasteiger partial charge in [0.25, 0.3) is 5.91 Å². The van der Waals surface area contributed by atoms with Gasteiger partial charge in [-0.25, -0.2) is 0 Å². The lowest BCUT2D eigenvalue weighted by Crippen LogP contribution is -2.28. The molecule has 0 atom stereocenters. The van der Waals surface area contributed by atoms with E-state index in [1.807, 2.05) is 60.7 Å². The molecule has 0 spiro atoms. The number of benzene rings is 3. The fourth-order valence-corrected chi connectivity index (χ4v) is 2.97. The van der Waals surface area contributed by atoms with Gasteiger partial charge in [-0.3, -0.25) is 9.78 Å². The molecule has 1 amide bonds. The van der Waals surface area contributed by atoms with E-state index in [1.54, 1.807) is 6.20 Å². The van der Waals surface area contributed by atoms with Crippen LogP contribution in [0, 0.1) is 0 Å². The van der Waals surface area contributed by atoms with Crippen LogP contribution in [0.5, 0.6) is 5.75 Å².